The van der Waals surface area contributed by atoms with Gasteiger partial charge in [0, 0.05) is 12.1 Å². The fraction of sp³-hybridized carbons (Fsp3) is 0.833. The van der Waals surface area contributed by atoms with Gasteiger partial charge in [0.05, 0.1) is 25.6 Å². The van der Waals surface area contributed by atoms with Gasteiger partial charge in [-0.15, -0.1) is 0 Å². The normalized spacial score (nSPS) is 28.9. The summed E-state index contributed by atoms with van der Waals surface area (Å²) in [6.07, 6.45) is 2.03. The third-order valence-electron chi connectivity index (χ3n) is 3.70. The van der Waals surface area contributed by atoms with E-state index < -0.39 is 5.97 Å². The number of amides is 1. The van der Waals surface area contributed by atoms with E-state index in [-0.39, 0.29) is 30.3 Å². The smallest absolute Gasteiger partial charge is 0.305 e. The van der Waals surface area contributed by atoms with E-state index in [0.29, 0.717) is 19.1 Å². The van der Waals surface area contributed by atoms with Crippen molar-refractivity contribution >= 4 is 11.9 Å². The van der Waals surface area contributed by atoms with Gasteiger partial charge < -0.3 is 20.5 Å². The van der Waals surface area contributed by atoms with Crippen LogP contribution in [0.1, 0.15) is 19.3 Å². The Hall–Kier alpha value is -1.14. The summed E-state index contributed by atoms with van der Waals surface area (Å²) in [4.78, 5) is 22.9. The number of carbonyl (C=O) groups excluding carboxylic acids is 1. The number of carbonyl (C=O) groups is 2. The van der Waals surface area contributed by atoms with Crippen LogP contribution >= 0.6 is 0 Å². The summed E-state index contributed by atoms with van der Waals surface area (Å²) >= 11 is 0. The molecular weight excluding hydrogens is 236 g/mol. The van der Waals surface area contributed by atoms with Crippen molar-refractivity contribution in [3.05, 3.63) is 0 Å². The predicted molar refractivity (Wildman–Crippen MR) is 64.1 cm³/mol. The average Bonchev–Trinajstić information content (AvgIpc) is 3.05. The lowest BCUT2D eigenvalue weighted by atomic mass is 10.0. The summed E-state index contributed by atoms with van der Waals surface area (Å²) in [7, 11) is 1.80. The number of carboxylic acid groups (broad SMARTS) is 1. The molecule has 2 rings (SSSR count). The minimum absolute atomic E-state index is 0.00814. The van der Waals surface area contributed by atoms with Gasteiger partial charge in [0.25, 0.3) is 0 Å². The van der Waals surface area contributed by atoms with Crippen molar-refractivity contribution < 1.29 is 19.4 Å². The van der Waals surface area contributed by atoms with Gasteiger partial charge in [-0.05, 0) is 25.8 Å². The number of nitrogens with one attached hydrogen (secondary N) is 2. The minimum atomic E-state index is -0.861. The Kier molecular flexibility index (Phi) is 4.19. The van der Waals surface area contributed by atoms with Crippen LogP contribution in [0, 0.1) is 11.8 Å². The van der Waals surface area contributed by atoms with Crippen LogP contribution in [0.4, 0.5) is 0 Å². The molecule has 6 heteroatoms. The minimum Gasteiger partial charge on any atom is -0.481 e. The van der Waals surface area contributed by atoms with Crippen LogP contribution < -0.4 is 10.6 Å². The molecule has 0 bridgehead atoms. The zero-order valence-corrected chi connectivity index (χ0v) is 10.5. The number of hydrogen-bond donors (Lipinski definition) is 3. The van der Waals surface area contributed by atoms with Crippen LogP contribution in [0.25, 0.3) is 0 Å². The molecule has 1 heterocycles. The molecule has 0 radical (unpaired) electrons. The van der Waals surface area contributed by atoms with E-state index >= 15 is 0 Å². The highest BCUT2D eigenvalue weighted by atomic mass is 16.5. The number of carboxylic acids is 1. The van der Waals surface area contributed by atoms with Crippen LogP contribution in [0.2, 0.25) is 0 Å². The molecule has 102 valence electrons. The Labute approximate surface area is 106 Å². The second-order valence-electron chi connectivity index (χ2n) is 5.09. The van der Waals surface area contributed by atoms with Crippen LogP contribution in [0.5, 0.6) is 0 Å². The SMILES string of the molecule is CNC1COCC1C(=O)NC(CC(=O)O)C1CC1. The second-order valence-corrected chi connectivity index (χ2v) is 5.09. The molecule has 3 atom stereocenters. The summed E-state index contributed by atoms with van der Waals surface area (Å²) in [5.41, 5.74) is 0. The molecule has 0 aromatic heterocycles. The molecule has 1 aliphatic carbocycles. The standard InChI is InChI=1S/C12H20N2O4/c1-13-10-6-18-5-8(10)12(17)14-9(4-11(15)16)7-2-3-7/h7-10,13H,2-6H2,1H3,(H,14,17)(H,15,16). The first-order valence-electron chi connectivity index (χ1n) is 6.39. The molecule has 3 unspecified atom stereocenters. The highest BCUT2D eigenvalue weighted by Gasteiger charge is 2.38. The molecule has 3 N–H and O–H groups in total. The Bertz CT molecular complexity index is 330. The molecule has 0 aromatic rings. The first-order chi connectivity index (χ1) is 8.61. The van der Waals surface area contributed by atoms with Crippen molar-refractivity contribution in [3.8, 4) is 0 Å². The van der Waals surface area contributed by atoms with E-state index in [1.54, 1.807) is 7.05 Å². The molecular formula is C12H20N2O4. The molecule has 2 fully saturated rings. The number of aliphatic carboxylic acids is 1. The highest BCUT2D eigenvalue weighted by Crippen LogP contribution is 2.34. The second kappa shape index (κ2) is 5.67. The lowest BCUT2D eigenvalue weighted by Gasteiger charge is -2.21. The molecule has 2 aliphatic rings. The third kappa shape index (κ3) is 3.20. The lowest BCUT2D eigenvalue weighted by molar-refractivity contribution is -0.138. The number of ether oxygens (including phenoxy) is 1. The average molecular weight is 256 g/mol. The van der Waals surface area contributed by atoms with E-state index in [2.05, 4.69) is 10.6 Å². The molecule has 1 amide bonds. The third-order valence-corrected chi connectivity index (χ3v) is 3.70. The maximum absolute atomic E-state index is 12.1. The summed E-state index contributed by atoms with van der Waals surface area (Å²) in [6.45, 7) is 0.934. The molecule has 0 aromatic carbocycles. The fourth-order valence-corrected chi connectivity index (χ4v) is 2.41. The maximum Gasteiger partial charge on any atom is 0.305 e. The Morgan fingerprint density at radius 2 is 2.11 bits per heavy atom. The lowest BCUT2D eigenvalue weighted by Crippen LogP contribution is -2.47. The zero-order chi connectivity index (χ0) is 13.1. The van der Waals surface area contributed by atoms with Gasteiger partial charge in [-0.3, -0.25) is 9.59 Å². The van der Waals surface area contributed by atoms with Gasteiger partial charge >= 0.3 is 5.97 Å². The molecule has 18 heavy (non-hydrogen) atoms. The largest absolute Gasteiger partial charge is 0.481 e. The van der Waals surface area contributed by atoms with Gasteiger partial charge in [-0.25, -0.2) is 0 Å². The Morgan fingerprint density at radius 3 is 2.67 bits per heavy atom. The van der Waals surface area contributed by atoms with Gasteiger partial charge in [-0.2, -0.15) is 0 Å². The van der Waals surface area contributed by atoms with Gasteiger partial charge in [-0.1, -0.05) is 0 Å². The molecule has 0 spiro atoms. The van der Waals surface area contributed by atoms with E-state index in [1.807, 2.05) is 0 Å². The molecule has 1 saturated heterocycles. The first-order valence-corrected chi connectivity index (χ1v) is 6.39. The maximum atomic E-state index is 12.1. The zero-order valence-electron chi connectivity index (χ0n) is 10.5. The van der Waals surface area contributed by atoms with Crippen LogP contribution in [0.15, 0.2) is 0 Å². The topological polar surface area (TPSA) is 87.7 Å². The first kappa shape index (κ1) is 13.3. The number of hydrogen-bond acceptors (Lipinski definition) is 4. The van der Waals surface area contributed by atoms with Crippen LogP contribution in [0.3, 0.4) is 0 Å². The van der Waals surface area contributed by atoms with Gasteiger partial charge in [0.15, 0.2) is 0 Å². The molecule has 6 nitrogen and oxygen atoms in total. The van der Waals surface area contributed by atoms with Crippen molar-refractivity contribution in [2.24, 2.45) is 11.8 Å². The highest BCUT2D eigenvalue weighted by molar-refractivity contribution is 5.81. The fourth-order valence-electron chi connectivity index (χ4n) is 2.41. The monoisotopic (exact) mass is 256 g/mol. The van der Waals surface area contributed by atoms with Gasteiger partial charge in [0.2, 0.25) is 5.91 Å². The predicted octanol–water partition coefficient (Wildman–Crippen LogP) is -0.410. The van der Waals surface area contributed by atoms with Crippen molar-refractivity contribution in [2.45, 2.75) is 31.3 Å². The molecule has 1 saturated carbocycles. The van der Waals surface area contributed by atoms with Crippen molar-refractivity contribution in [3.63, 3.8) is 0 Å². The summed E-state index contributed by atoms with van der Waals surface area (Å²) in [5.74, 6) is -0.838. The summed E-state index contributed by atoms with van der Waals surface area (Å²) in [6, 6.07) is -0.206. The van der Waals surface area contributed by atoms with Crippen LogP contribution in [-0.2, 0) is 14.3 Å². The van der Waals surface area contributed by atoms with Gasteiger partial charge in [0.1, 0.15) is 0 Å². The quantitative estimate of drug-likeness (QED) is 0.601. The number of rotatable bonds is 6. The Morgan fingerprint density at radius 1 is 1.39 bits per heavy atom. The summed E-state index contributed by atoms with van der Waals surface area (Å²) in [5, 5.41) is 14.8. The molecule has 1 aliphatic heterocycles. The van der Waals surface area contributed by atoms with Crippen molar-refractivity contribution in [1.82, 2.24) is 10.6 Å². The van der Waals surface area contributed by atoms with E-state index in [1.165, 1.54) is 0 Å². The number of likely N-dealkylation sites (N-methyl/N-ethyl adjacent to an activating group) is 1. The van der Waals surface area contributed by atoms with E-state index in [4.69, 9.17) is 9.84 Å². The van der Waals surface area contributed by atoms with E-state index in [9.17, 15) is 9.59 Å². The van der Waals surface area contributed by atoms with E-state index in [0.717, 1.165) is 12.8 Å². The van der Waals surface area contributed by atoms with Crippen molar-refractivity contribution in [1.29, 1.82) is 0 Å². The summed E-state index contributed by atoms with van der Waals surface area (Å²) < 4.78 is 5.28. The van der Waals surface area contributed by atoms with Crippen LogP contribution in [-0.4, -0.2) is 49.3 Å². The Balaban J connectivity index is 1.89. The van der Waals surface area contributed by atoms with Crippen molar-refractivity contribution in [2.75, 3.05) is 20.3 Å².